The summed E-state index contributed by atoms with van der Waals surface area (Å²) in [6.45, 7) is 3.44. The molecule has 1 aliphatic rings. The van der Waals surface area contributed by atoms with Crippen molar-refractivity contribution in [2.75, 3.05) is 19.6 Å². The molecule has 0 atom stereocenters. The minimum Gasteiger partial charge on any atom is -0.315 e. The number of halogens is 2. The lowest BCUT2D eigenvalue weighted by molar-refractivity contribution is 0.0655. The van der Waals surface area contributed by atoms with Crippen LogP contribution in [0.5, 0.6) is 0 Å². The molecule has 1 N–H and O–H groups in total. The lowest BCUT2D eigenvalue weighted by Gasteiger charge is -2.13. The fourth-order valence-corrected chi connectivity index (χ4v) is 1.98. The molecule has 1 aromatic rings. The Balaban J connectivity index is 2.15. The summed E-state index contributed by atoms with van der Waals surface area (Å²) < 4.78 is 26.2. The Morgan fingerprint density at radius 1 is 1.05 bits per heavy atom. The molecular weight excluding hydrogens is 254 g/mol. The molecule has 0 aliphatic carbocycles. The van der Waals surface area contributed by atoms with E-state index in [1.54, 1.807) is 0 Å². The molecule has 2 amide bonds. The Labute approximate surface area is 109 Å². The molecule has 2 rings (SSSR count). The van der Waals surface area contributed by atoms with Crippen molar-refractivity contribution in [2.45, 2.75) is 13.3 Å². The van der Waals surface area contributed by atoms with E-state index in [4.69, 9.17) is 0 Å². The summed E-state index contributed by atoms with van der Waals surface area (Å²) in [5.74, 6) is -3.38. The summed E-state index contributed by atoms with van der Waals surface area (Å²) in [5, 5.41) is 3.06. The van der Waals surface area contributed by atoms with E-state index in [2.05, 4.69) is 5.32 Å². The molecule has 4 nitrogen and oxygen atoms in total. The van der Waals surface area contributed by atoms with Crippen LogP contribution in [0.25, 0.3) is 0 Å². The molecule has 102 valence electrons. The lowest BCUT2D eigenvalue weighted by Crippen LogP contribution is -2.36. The van der Waals surface area contributed by atoms with Crippen LogP contribution in [0.15, 0.2) is 12.1 Å². The van der Waals surface area contributed by atoms with Gasteiger partial charge in [-0.25, -0.2) is 8.78 Å². The highest BCUT2D eigenvalue weighted by atomic mass is 19.2. The fourth-order valence-electron chi connectivity index (χ4n) is 1.98. The molecule has 1 heterocycles. The standard InChI is InChI=1S/C13H14F2N2O2/c1-2-3-16-4-5-17-12(18)8-6-10(14)11(15)7-9(8)13(17)19/h6-7,16H,2-5H2,1H3. The van der Waals surface area contributed by atoms with E-state index in [0.29, 0.717) is 6.54 Å². The smallest absolute Gasteiger partial charge is 0.261 e. The van der Waals surface area contributed by atoms with Gasteiger partial charge in [0.2, 0.25) is 0 Å². The van der Waals surface area contributed by atoms with Crippen molar-refractivity contribution < 1.29 is 18.4 Å². The first-order chi connectivity index (χ1) is 9.06. The Kier molecular flexibility index (Phi) is 3.90. The molecule has 0 radical (unpaired) electrons. The molecule has 0 saturated heterocycles. The Morgan fingerprint density at radius 2 is 1.58 bits per heavy atom. The zero-order chi connectivity index (χ0) is 14.0. The predicted molar refractivity (Wildman–Crippen MR) is 64.9 cm³/mol. The van der Waals surface area contributed by atoms with Crippen LogP contribution < -0.4 is 5.32 Å². The number of amides is 2. The first kappa shape index (κ1) is 13.6. The topological polar surface area (TPSA) is 49.4 Å². The van der Waals surface area contributed by atoms with E-state index < -0.39 is 23.4 Å². The third-order valence-corrected chi connectivity index (χ3v) is 2.95. The number of fused-ring (bicyclic) bond motifs is 1. The first-order valence-electron chi connectivity index (χ1n) is 6.12. The van der Waals surface area contributed by atoms with Crippen LogP contribution in [0.3, 0.4) is 0 Å². The Bertz CT molecular complexity index is 491. The van der Waals surface area contributed by atoms with Gasteiger partial charge in [-0.1, -0.05) is 6.92 Å². The lowest BCUT2D eigenvalue weighted by atomic mass is 10.1. The van der Waals surface area contributed by atoms with Crippen molar-refractivity contribution in [1.29, 1.82) is 0 Å². The monoisotopic (exact) mass is 268 g/mol. The molecule has 0 aromatic heterocycles. The van der Waals surface area contributed by atoms with Crippen LogP contribution in [-0.2, 0) is 0 Å². The van der Waals surface area contributed by atoms with Gasteiger partial charge in [-0.05, 0) is 25.1 Å². The second-order valence-electron chi connectivity index (χ2n) is 4.32. The number of rotatable bonds is 5. The van der Waals surface area contributed by atoms with Crippen molar-refractivity contribution in [2.24, 2.45) is 0 Å². The van der Waals surface area contributed by atoms with Gasteiger partial charge in [-0.15, -0.1) is 0 Å². The molecule has 6 heteroatoms. The number of carbonyl (C=O) groups excluding carboxylic acids is 2. The molecule has 1 aliphatic heterocycles. The number of nitrogens with zero attached hydrogens (tertiary/aromatic N) is 1. The van der Waals surface area contributed by atoms with E-state index in [9.17, 15) is 18.4 Å². The number of carbonyl (C=O) groups is 2. The maximum atomic E-state index is 13.1. The molecule has 0 fully saturated rings. The highest BCUT2D eigenvalue weighted by Crippen LogP contribution is 2.24. The van der Waals surface area contributed by atoms with Crippen LogP contribution in [-0.4, -0.2) is 36.3 Å². The molecular formula is C13H14F2N2O2. The van der Waals surface area contributed by atoms with E-state index in [1.807, 2.05) is 6.92 Å². The van der Waals surface area contributed by atoms with Crippen LogP contribution in [0, 0.1) is 11.6 Å². The number of imide groups is 1. The summed E-state index contributed by atoms with van der Waals surface area (Å²) in [7, 11) is 0. The summed E-state index contributed by atoms with van der Waals surface area (Å²) >= 11 is 0. The fraction of sp³-hybridized carbons (Fsp3) is 0.385. The number of hydrogen-bond acceptors (Lipinski definition) is 3. The highest BCUT2D eigenvalue weighted by molar-refractivity contribution is 6.21. The SMILES string of the molecule is CCCNCCN1C(=O)c2cc(F)c(F)cc2C1=O. The maximum absolute atomic E-state index is 13.1. The summed E-state index contributed by atoms with van der Waals surface area (Å²) in [5.41, 5.74) is -0.140. The van der Waals surface area contributed by atoms with E-state index in [0.717, 1.165) is 30.0 Å². The molecule has 0 bridgehead atoms. The van der Waals surface area contributed by atoms with Gasteiger partial charge < -0.3 is 5.32 Å². The third-order valence-electron chi connectivity index (χ3n) is 2.95. The largest absolute Gasteiger partial charge is 0.315 e. The first-order valence-corrected chi connectivity index (χ1v) is 6.12. The number of benzene rings is 1. The van der Waals surface area contributed by atoms with Gasteiger partial charge in [0.05, 0.1) is 11.1 Å². The van der Waals surface area contributed by atoms with Crippen molar-refractivity contribution in [1.82, 2.24) is 10.2 Å². The minimum absolute atomic E-state index is 0.0700. The van der Waals surface area contributed by atoms with Gasteiger partial charge >= 0.3 is 0 Å². The van der Waals surface area contributed by atoms with Gasteiger partial charge in [-0.3, -0.25) is 14.5 Å². The average Bonchev–Trinajstić information content (AvgIpc) is 2.60. The third kappa shape index (κ3) is 2.49. The van der Waals surface area contributed by atoms with Gasteiger partial charge in [0, 0.05) is 13.1 Å². The van der Waals surface area contributed by atoms with Gasteiger partial charge in [-0.2, -0.15) is 0 Å². The van der Waals surface area contributed by atoms with E-state index in [-0.39, 0.29) is 17.7 Å². The highest BCUT2D eigenvalue weighted by Gasteiger charge is 2.36. The average molecular weight is 268 g/mol. The zero-order valence-electron chi connectivity index (χ0n) is 10.5. The normalized spacial score (nSPS) is 14.2. The summed E-state index contributed by atoms with van der Waals surface area (Å²) in [6, 6.07) is 1.56. The van der Waals surface area contributed by atoms with Crippen LogP contribution >= 0.6 is 0 Å². The second-order valence-corrected chi connectivity index (χ2v) is 4.32. The van der Waals surface area contributed by atoms with Crippen molar-refractivity contribution >= 4 is 11.8 Å². The van der Waals surface area contributed by atoms with Gasteiger partial charge in [0.1, 0.15) is 0 Å². The van der Waals surface area contributed by atoms with Crippen LogP contribution in [0.1, 0.15) is 34.1 Å². The quantitative estimate of drug-likeness (QED) is 0.651. The molecule has 0 spiro atoms. The Morgan fingerprint density at radius 3 is 2.05 bits per heavy atom. The van der Waals surface area contributed by atoms with E-state index >= 15 is 0 Å². The van der Waals surface area contributed by atoms with Gasteiger partial charge in [0.15, 0.2) is 11.6 Å². The number of nitrogens with one attached hydrogen (secondary N) is 1. The molecule has 0 saturated carbocycles. The second kappa shape index (κ2) is 5.44. The van der Waals surface area contributed by atoms with Crippen molar-refractivity contribution in [3.8, 4) is 0 Å². The maximum Gasteiger partial charge on any atom is 0.261 e. The Hall–Kier alpha value is -1.82. The molecule has 0 unspecified atom stereocenters. The zero-order valence-corrected chi connectivity index (χ0v) is 10.5. The van der Waals surface area contributed by atoms with Crippen molar-refractivity contribution in [3.05, 3.63) is 34.9 Å². The summed E-state index contributed by atoms with van der Waals surface area (Å²) in [4.78, 5) is 24.9. The summed E-state index contributed by atoms with van der Waals surface area (Å²) in [6.07, 6.45) is 0.943. The van der Waals surface area contributed by atoms with Crippen molar-refractivity contribution in [3.63, 3.8) is 0 Å². The van der Waals surface area contributed by atoms with Crippen LogP contribution in [0.4, 0.5) is 8.78 Å². The van der Waals surface area contributed by atoms with Crippen LogP contribution in [0.2, 0.25) is 0 Å². The van der Waals surface area contributed by atoms with E-state index in [1.165, 1.54) is 0 Å². The minimum atomic E-state index is -1.12. The number of hydrogen-bond donors (Lipinski definition) is 1. The van der Waals surface area contributed by atoms with Gasteiger partial charge in [0.25, 0.3) is 11.8 Å². The molecule has 19 heavy (non-hydrogen) atoms. The predicted octanol–water partition coefficient (Wildman–Crippen LogP) is 1.56. The molecule has 1 aromatic carbocycles.